The lowest BCUT2D eigenvalue weighted by molar-refractivity contribution is -0.143. The van der Waals surface area contributed by atoms with Crippen molar-refractivity contribution in [2.75, 3.05) is 0 Å². The highest BCUT2D eigenvalue weighted by Crippen LogP contribution is 2.32. The van der Waals surface area contributed by atoms with Gasteiger partial charge in [-0.05, 0) is 75.5 Å². The summed E-state index contributed by atoms with van der Waals surface area (Å²) in [5.74, 6) is -0.871. The molecule has 0 aromatic rings. The molecule has 2 rings (SSSR count). The Morgan fingerprint density at radius 1 is 0.579 bits per heavy atom. The van der Waals surface area contributed by atoms with Gasteiger partial charge in [-0.3, -0.25) is 9.59 Å². The van der Waals surface area contributed by atoms with Gasteiger partial charge in [0, 0.05) is 61.2 Å². The fourth-order valence-corrected chi connectivity index (χ4v) is 10.5. The molecule has 15 heteroatoms. The number of nitrogens with two attached hydrogens (primary N) is 2. The fourth-order valence-electron chi connectivity index (χ4n) is 10.5. The summed E-state index contributed by atoms with van der Waals surface area (Å²) in [6.45, 7) is 31.7. The summed E-state index contributed by atoms with van der Waals surface area (Å²) in [5.41, 5.74) is 12.8. The molecule has 2 amide bonds. The van der Waals surface area contributed by atoms with Crippen molar-refractivity contribution in [3.8, 4) is 0 Å². The molecule has 76 heavy (non-hydrogen) atoms. The maximum atomic E-state index is 11.5. The van der Waals surface area contributed by atoms with Crippen molar-refractivity contribution in [2.45, 2.75) is 210 Å². The highest BCUT2D eigenvalue weighted by atomic mass is 16.6. The molecule has 434 valence electrons. The molecule has 0 aliphatic carbocycles. The summed E-state index contributed by atoms with van der Waals surface area (Å²) in [4.78, 5) is 45.5. The third-order valence-corrected chi connectivity index (χ3v) is 15.4. The second kappa shape index (κ2) is 35.8. The molecular weight excluding hydrogens is 969 g/mol. The molecule has 0 unspecified atom stereocenters. The molecule has 2 heterocycles. The Bertz CT molecular complexity index is 1940. The van der Waals surface area contributed by atoms with Gasteiger partial charge in [0.25, 0.3) is 0 Å². The molecule has 0 saturated carbocycles. The van der Waals surface area contributed by atoms with Crippen molar-refractivity contribution in [3.05, 3.63) is 84.6 Å². The van der Waals surface area contributed by atoms with Crippen LogP contribution in [-0.4, -0.2) is 105 Å². The van der Waals surface area contributed by atoms with E-state index in [4.69, 9.17) is 30.4 Å². The first kappa shape index (κ1) is 69.5. The smallest absolute Gasteiger partial charge is 0.404 e. The van der Waals surface area contributed by atoms with Crippen molar-refractivity contribution in [1.29, 1.82) is 0 Å². The zero-order chi connectivity index (χ0) is 58.0. The molecule has 9 N–H and O–H groups in total. The van der Waals surface area contributed by atoms with E-state index >= 15 is 0 Å². The lowest BCUT2D eigenvalue weighted by Gasteiger charge is -2.33. The van der Waals surface area contributed by atoms with Crippen molar-refractivity contribution >= 4 is 24.1 Å². The Hall–Kier alpha value is -4.54. The molecule has 2 aliphatic rings. The highest BCUT2D eigenvalue weighted by molar-refractivity contribution is 5.71. The van der Waals surface area contributed by atoms with Gasteiger partial charge < -0.3 is 55.9 Å². The molecule has 0 aromatic heterocycles. The number of carbonyl (C=O) groups excluding carboxylic acids is 4. The van der Waals surface area contributed by atoms with Gasteiger partial charge in [-0.25, -0.2) is 9.59 Å². The largest absolute Gasteiger partial charge is 0.462 e. The third kappa shape index (κ3) is 26.2. The number of ether oxygens (including phenoxy) is 4. The lowest BCUT2D eigenvalue weighted by atomic mass is 9.80. The average molecular weight is 1070 g/mol. The predicted molar refractivity (Wildman–Crippen MR) is 301 cm³/mol. The van der Waals surface area contributed by atoms with Gasteiger partial charge in [0.2, 0.25) is 0 Å². The van der Waals surface area contributed by atoms with Crippen LogP contribution in [0.3, 0.4) is 0 Å². The van der Waals surface area contributed by atoms with Crippen LogP contribution in [0, 0.1) is 65.1 Å². The van der Waals surface area contributed by atoms with Crippen LogP contribution in [0.5, 0.6) is 0 Å². The summed E-state index contributed by atoms with van der Waals surface area (Å²) in [5, 5.41) is 53.5. The number of esters is 2. The molecule has 20 atom stereocenters. The molecule has 0 spiro atoms. The van der Waals surface area contributed by atoms with Crippen LogP contribution in [0.15, 0.2) is 84.6 Å². The van der Waals surface area contributed by atoms with E-state index in [2.05, 4.69) is 40.3 Å². The van der Waals surface area contributed by atoms with E-state index in [0.29, 0.717) is 56.8 Å². The van der Waals surface area contributed by atoms with Gasteiger partial charge in [-0.2, -0.15) is 0 Å². The van der Waals surface area contributed by atoms with Crippen molar-refractivity contribution < 1.29 is 63.7 Å². The number of rotatable bonds is 32. The number of carbonyl (C=O) groups is 4. The van der Waals surface area contributed by atoms with Gasteiger partial charge >= 0.3 is 24.1 Å². The molecule has 0 aromatic carbocycles. The molecular formula is C61H102N2O13. The number of aliphatic hydroxyl groups is 5. The zero-order valence-corrected chi connectivity index (χ0v) is 48.6. The Balaban J connectivity index is 0.000000760. The first-order valence-electron chi connectivity index (χ1n) is 27.9. The third-order valence-electron chi connectivity index (χ3n) is 15.4. The van der Waals surface area contributed by atoms with Gasteiger partial charge in [0.05, 0.1) is 30.5 Å². The van der Waals surface area contributed by atoms with Crippen LogP contribution in [0.1, 0.15) is 155 Å². The van der Waals surface area contributed by atoms with E-state index < -0.39 is 54.9 Å². The summed E-state index contributed by atoms with van der Waals surface area (Å²) < 4.78 is 21.1. The van der Waals surface area contributed by atoms with Crippen LogP contribution < -0.4 is 11.5 Å². The summed E-state index contributed by atoms with van der Waals surface area (Å²) in [6, 6.07) is 0. The van der Waals surface area contributed by atoms with Gasteiger partial charge in [0.1, 0.15) is 24.4 Å². The summed E-state index contributed by atoms with van der Waals surface area (Å²) >= 11 is 0. The molecule has 0 bridgehead atoms. The molecule has 2 fully saturated rings. The van der Waals surface area contributed by atoms with E-state index in [0.717, 1.165) is 18.4 Å². The van der Waals surface area contributed by atoms with E-state index in [9.17, 15) is 44.7 Å². The topological polar surface area (TPSA) is 258 Å². The van der Waals surface area contributed by atoms with Gasteiger partial charge in [-0.1, -0.05) is 168 Å². The number of cyclic esters (lactones) is 2. The van der Waals surface area contributed by atoms with Crippen LogP contribution >= 0.6 is 0 Å². The minimum atomic E-state index is -0.878. The van der Waals surface area contributed by atoms with Gasteiger partial charge in [0.15, 0.2) is 0 Å². The molecule has 2 saturated heterocycles. The molecule has 15 nitrogen and oxygen atoms in total. The van der Waals surface area contributed by atoms with Gasteiger partial charge in [-0.15, -0.1) is 0 Å². The van der Waals surface area contributed by atoms with E-state index in [-0.39, 0.29) is 77.4 Å². The minimum Gasteiger partial charge on any atom is -0.462 e. The Morgan fingerprint density at radius 3 is 1.37 bits per heavy atom. The number of aliphatic hydroxyl groups excluding tert-OH is 5. The van der Waals surface area contributed by atoms with Crippen LogP contribution in [0.25, 0.3) is 0 Å². The van der Waals surface area contributed by atoms with E-state index in [1.54, 1.807) is 24.3 Å². The first-order chi connectivity index (χ1) is 35.5. The first-order valence-corrected chi connectivity index (χ1v) is 27.9. The minimum absolute atomic E-state index is 0.0257. The normalized spacial score (nSPS) is 23.8. The average Bonchev–Trinajstić information content (AvgIpc) is 3.97. The fraction of sp³-hybridized carbons (Fsp3) is 0.705. The Labute approximate surface area is 457 Å². The maximum absolute atomic E-state index is 11.5. The van der Waals surface area contributed by atoms with E-state index in [1.807, 2.05) is 106 Å². The lowest BCUT2D eigenvalue weighted by Crippen LogP contribution is -2.41. The number of hydrogen-bond acceptors (Lipinski definition) is 13. The predicted octanol–water partition coefficient (Wildman–Crippen LogP) is 10.4. The van der Waals surface area contributed by atoms with Crippen molar-refractivity contribution in [1.82, 2.24) is 0 Å². The monoisotopic (exact) mass is 1070 g/mol. The summed E-state index contributed by atoms with van der Waals surface area (Å²) in [7, 11) is 0. The number of primary amides is 2. The van der Waals surface area contributed by atoms with Crippen LogP contribution in [0.4, 0.5) is 9.59 Å². The maximum Gasteiger partial charge on any atom is 0.404 e. The SMILES string of the molecule is C=C/C=C\[C@H](C)[C@H](OC(N)=O)[C@@H](C)[C@H](O)[C@@H](C)C/C(C)=C\[C@H](C)[C@@H](O)[C@@H](C)/C=C\[C@@H](O)C[C@H]1CCC(=O)O1.CC/C=C\[C@H](C)[C@H](OC(N)=O)[C@@H](C)[C@H](O)[C@@H](C)C/C(C)=C\[C@H](C)[C@@H](C)[C@@H](C)/C=C\[C@@H](O)C[C@H]1CCC(=O)O1. The van der Waals surface area contributed by atoms with Crippen LogP contribution in [0.2, 0.25) is 0 Å². The highest BCUT2D eigenvalue weighted by Gasteiger charge is 2.35. The molecule has 0 radical (unpaired) electrons. The van der Waals surface area contributed by atoms with Crippen molar-refractivity contribution in [2.24, 2.45) is 76.6 Å². The molecule has 2 aliphatic heterocycles. The quantitative estimate of drug-likeness (QED) is 0.0143. The number of hydrogen-bond donors (Lipinski definition) is 7. The second-order valence-corrected chi connectivity index (χ2v) is 22.5. The standard InChI is InChI=1S/C31H53NO6.C30H49NO7/c1-9-10-11-21(4)30(38-31(32)36)25(8)29(35)23(6)17-19(2)16-22(5)24(7)20(3)12-13-26(33)18-27-14-15-28(34)37-27;1-8-9-10-20(4)29(38-30(31)36)23(7)28(35)22(6)16-18(2)15-21(5)27(34)19(3)11-12-24(32)17-25-13-14-26(33)37-25/h10-13,16,20-27,29-30,33,35H,9,14-15,17-18H2,1-8H3,(H2,32,36);8-12,15,19-25,27-29,32,34-35H,1,13-14,16-17H2,2-7H3,(H2,31,36)/b11-10-,13-12-,19-16-;10-9-,12-11-,18-15-/t20-,21-,22-,23-,24-,25-,26+,27+,29+,30-;19-,20-,21-,22-,23-,24+,25+,27-,28+,29-/m00/s1. The number of allylic oxidation sites excluding steroid dienone is 7. The second-order valence-electron chi connectivity index (χ2n) is 22.5. The summed E-state index contributed by atoms with van der Waals surface area (Å²) in [6.07, 6.45) is 19.4. The van der Waals surface area contributed by atoms with Crippen LogP contribution in [-0.2, 0) is 28.5 Å². The Kier molecular flexibility index (Phi) is 32.7. The van der Waals surface area contributed by atoms with Crippen molar-refractivity contribution in [3.63, 3.8) is 0 Å². The zero-order valence-electron chi connectivity index (χ0n) is 48.6. The van der Waals surface area contributed by atoms with E-state index in [1.165, 1.54) is 5.57 Å². The Morgan fingerprint density at radius 2 is 0.987 bits per heavy atom. The number of amides is 2.